The van der Waals surface area contributed by atoms with Gasteiger partial charge in [0.05, 0.1) is 0 Å². The second kappa shape index (κ2) is 8.16. The summed E-state index contributed by atoms with van der Waals surface area (Å²) in [5.41, 5.74) is 0. The molecule has 0 radical (unpaired) electrons. The van der Waals surface area contributed by atoms with Crippen LogP contribution in [0.3, 0.4) is 0 Å². The van der Waals surface area contributed by atoms with E-state index in [9.17, 15) is 0 Å². The van der Waals surface area contributed by atoms with Crippen LogP contribution in [0.4, 0.5) is 0 Å². The van der Waals surface area contributed by atoms with Crippen LogP contribution in [-0.4, -0.2) is 36.1 Å². The molecule has 2 heteroatoms. The van der Waals surface area contributed by atoms with E-state index >= 15 is 0 Å². The Balaban J connectivity index is 2.55. The minimum atomic E-state index is 0.726. The normalized spacial score (nSPS) is 31.5. The number of piperidine rings is 1. The molecule has 0 aromatic carbocycles. The molecule has 1 N–H and O–H groups in total. The third kappa shape index (κ3) is 3.96. The van der Waals surface area contributed by atoms with E-state index in [1.165, 1.54) is 45.2 Å². The Hall–Kier alpha value is -0.0800. The molecule has 0 spiro atoms. The molecule has 2 nitrogen and oxygen atoms in total. The third-order valence-corrected chi connectivity index (χ3v) is 4.84. The van der Waals surface area contributed by atoms with Crippen molar-refractivity contribution < 1.29 is 0 Å². The molecule has 1 aliphatic rings. The van der Waals surface area contributed by atoms with E-state index < -0.39 is 0 Å². The molecule has 0 aromatic rings. The lowest BCUT2D eigenvalue weighted by atomic mass is 9.85. The zero-order valence-electron chi connectivity index (χ0n) is 13.2. The lowest BCUT2D eigenvalue weighted by molar-refractivity contribution is 0.0414. The van der Waals surface area contributed by atoms with Crippen LogP contribution in [0, 0.1) is 5.92 Å². The van der Waals surface area contributed by atoms with Gasteiger partial charge in [-0.1, -0.05) is 34.1 Å². The molecular formula is C16H34N2. The van der Waals surface area contributed by atoms with Crippen molar-refractivity contribution in [3.63, 3.8) is 0 Å². The van der Waals surface area contributed by atoms with Gasteiger partial charge in [0.15, 0.2) is 0 Å². The molecule has 1 rings (SSSR count). The average Bonchev–Trinajstić information content (AvgIpc) is 2.38. The summed E-state index contributed by atoms with van der Waals surface area (Å²) in [5.74, 6) is 0.774. The Morgan fingerprint density at radius 3 is 2.44 bits per heavy atom. The van der Waals surface area contributed by atoms with Gasteiger partial charge >= 0.3 is 0 Å². The SMILES string of the molecule is CCCNC1CCN(C(CC)CCC)C(C)C1C. The minimum Gasteiger partial charge on any atom is -0.314 e. The van der Waals surface area contributed by atoms with Gasteiger partial charge in [-0.3, -0.25) is 4.90 Å². The molecular weight excluding hydrogens is 220 g/mol. The van der Waals surface area contributed by atoms with Gasteiger partial charge in [-0.05, 0) is 45.1 Å². The van der Waals surface area contributed by atoms with Crippen LogP contribution in [-0.2, 0) is 0 Å². The second-order valence-electron chi connectivity index (χ2n) is 6.04. The lowest BCUT2D eigenvalue weighted by Crippen LogP contribution is -2.56. The number of hydrogen-bond donors (Lipinski definition) is 1. The summed E-state index contributed by atoms with van der Waals surface area (Å²) in [7, 11) is 0. The van der Waals surface area contributed by atoms with Crippen LogP contribution in [0.15, 0.2) is 0 Å². The summed E-state index contributed by atoms with van der Waals surface area (Å²) < 4.78 is 0. The second-order valence-corrected chi connectivity index (χ2v) is 6.04. The van der Waals surface area contributed by atoms with Crippen molar-refractivity contribution in [1.82, 2.24) is 10.2 Å². The first-order valence-corrected chi connectivity index (χ1v) is 8.14. The summed E-state index contributed by atoms with van der Waals surface area (Å²) in [4.78, 5) is 2.78. The van der Waals surface area contributed by atoms with Crippen molar-refractivity contribution in [2.45, 2.75) is 84.8 Å². The molecule has 0 aliphatic carbocycles. The van der Waals surface area contributed by atoms with Gasteiger partial charge in [-0.2, -0.15) is 0 Å². The molecule has 0 aromatic heterocycles. The summed E-state index contributed by atoms with van der Waals surface area (Å²) in [5, 5.41) is 3.73. The van der Waals surface area contributed by atoms with Gasteiger partial charge in [0.2, 0.25) is 0 Å². The van der Waals surface area contributed by atoms with E-state index in [4.69, 9.17) is 0 Å². The van der Waals surface area contributed by atoms with Gasteiger partial charge in [0.25, 0.3) is 0 Å². The molecule has 1 saturated heterocycles. The zero-order chi connectivity index (χ0) is 13.5. The maximum Gasteiger partial charge on any atom is 0.0120 e. The van der Waals surface area contributed by atoms with Crippen molar-refractivity contribution in [3.8, 4) is 0 Å². The van der Waals surface area contributed by atoms with E-state index in [1.807, 2.05) is 0 Å². The number of rotatable bonds is 7. The fourth-order valence-corrected chi connectivity index (χ4v) is 3.46. The van der Waals surface area contributed by atoms with Crippen LogP contribution < -0.4 is 5.32 Å². The van der Waals surface area contributed by atoms with Crippen LogP contribution in [0.25, 0.3) is 0 Å². The van der Waals surface area contributed by atoms with E-state index in [0.717, 1.165) is 24.0 Å². The molecule has 1 fully saturated rings. The topological polar surface area (TPSA) is 15.3 Å². The maximum atomic E-state index is 3.73. The highest BCUT2D eigenvalue weighted by Crippen LogP contribution is 2.27. The monoisotopic (exact) mass is 254 g/mol. The summed E-state index contributed by atoms with van der Waals surface area (Å²) in [6, 6.07) is 2.26. The van der Waals surface area contributed by atoms with Crippen molar-refractivity contribution >= 4 is 0 Å². The zero-order valence-corrected chi connectivity index (χ0v) is 13.2. The molecule has 1 heterocycles. The minimum absolute atomic E-state index is 0.726. The Morgan fingerprint density at radius 2 is 1.89 bits per heavy atom. The summed E-state index contributed by atoms with van der Waals surface area (Å²) >= 11 is 0. The van der Waals surface area contributed by atoms with Crippen LogP contribution in [0.1, 0.15) is 66.7 Å². The Bertz CT molecular complexity index is 217. The molecule has 0 bridgehead atoms. The van der Waals surface area contributed by atoms with Gasteiger partial charge < -0.3 is 5.32 Å². The lowest BCUT2D eigenvalue weighted by Gasteiger charge is -2.46. The predicted octanol–water partition coefficient (Wildman–Crippen LogP) is 3.66. The quantitative estimate of drug-likeness (QED) is 0.746. The standard InChI is InChI=1S/C16H34N2/c1-6-9-15(8-3)18-12-10-16(17-11-7-2)13(4)14(18)5/h13-17H,6-12H2,1-5H3. The first-order chi connectivity index (χ1) is 8.65. The van der Waals surface area contributed by atoms with Crippen molar-refractivity contribution in [3.05, 3.63) is 0 Å². The summed E-state index contributed by atoms with van der Waals surface area (Å²) in [6.07, 6.45) is 6.55. The fraction of sp³-hybridized carbons (Fsp3) is 1.00. The van der Waals surface area contributed by atoms with E-state index in [-0.39, 0.29) is 0 Å². The van der Waals surface area contributed by atoms with Crippen molar-refractivity contribution in [2.24, 2.45) is 5.92 Å². The molecule has 0 saturated carbocycles. The van der Waals surface area contributed by atoms with Crippen LogP contribution in [0.5, 0.6) is 0 Å². The maximum absolute atomic E-state index is 3.73. The van der Waals surface area contributed by atoms with E-state index in [2.05, 4.69) is 44.8 Å². The predicted molar refractivity (Wildman–Crippen MR) is 81.0 cm³/mol. The third-order valence-electron chi connectivity index (χ3n) is 4.84. The van der Waals surface area contributed by atoms with E-state index in [0.29, 0.717) is 0 Å². The Morgan fingerprint density at radius 1 is 1.17 bits per heavy atom. The highest BCUT2D eigenvalue weighted by atomic mass is 15.2. The van der Waals surface area contributed by atoms with Crippen molar-refractivity contribution in [2.75, 3.05) is 13.1 Å². The number of nitrogens with zero attached hydrogens (tertiary/aromatic N) is 1. The van der Waals surface area contributed by atoms with Gasteiger partial charge in [0.1, 0.15) is 0 Å². The van der Waals surface area contributed by atoms with Gasteiger partial charge in [0, 0.05) is 24.7 Å². The highest BCUT2D eigenvalue weighted by Gasteiger charge is 2.34. The first-order valence-electron chi connectivity index (χ1n) is 8.14. The molecule has 108 valence electrons. The van der Waals surface area contributed by atoms with Crippen LogP contribution in [0.2, 0.25) is 0 Å². The number of likely N-dealkylation sites (tertiary alicyclic amines) is 1. The van der Waals surface area contributed by atoms with Crippen molar-refractivity contribution in [1.29, 1.82) is 0 Å². The Kier molecular flexibility index (Phi) is 7.25. The smallest absolute Gasteiger partial charge is 0.0120 e. The van der Waals surface area contributed by atoms with Gasteiger partial charge in [-0.15, -0.1) is 0 Å². The number of nitrogens with one attached hydrogen (secondary N) is 1. The Labute approximate surface area is 115 Å². The molecule has 0 amide bonds. The summed E-state index contributed by atoms with van der Waals surface area (Å²) in [6.45, 7) is 14.2. The largest absolute Gasteiger partial charge is 0.314 e. The first kappa shape index (κ1) is 16.0. The average molecular weight is 254 g/mol. The highest BCUT2D eigenvalue weighted by molar-refractivity contribution is 4.91. The van der Waals surface area contributed by atoms with E-state index in [1.54, 1.807) is 0 Å². The molecule has 4 atom stereocenters. The molecule has 1 aliphatic heterocycles. The van der Waals surface area contributed by atoms with Gasteiger partial charge in [-0.25, -0.2) is 0 Å². The fourth-order valence-electron chi connectivity index (χ4n) is 3.46. The van der Waals surface area contributed by atoms with Crippen LogP contribution >= 0.6 is 0 Å². The molecule has 4 unspecified atom stereocenters. The molecule has 18 heavy (non-hydrogen) atoms. The number of hydrogen-bond acceptors (Lipinski definition) is 2.